The van der Waals surface area contributed by atoms with Gasteiger partial charge >= 0.3 is 0 Å². The SMILES string of the molecule is CCc1ccc(S(=O)(=O)NCCN2CCCCC2=O)cc1. The molecule has 0 aliphatic carbocycles. The average molecular weight is 310 g/mol. The summed E-state index contributed by atoms with van der Waals surface area (Å²) in [6.45, 7) is 3.44. The first-order valence-corrected chi connectivity index (χ1v) is 8.87. The van der Waals surface area contributed by atoms with E-state index in [-0.39, 0.29) is 17.3 Å². The van der Waals surface area contributed by atoms with E-state index in [9.17, 15) is 13.2 Å². The van der Waals surface area contributed by atoms with Crippen LogP contribution in [0.25, 0.3) is 0 Å². The minimum Gasteiger partial charge on any atom is -0.341 e. The molecule has 0 radical (unpaired) electrons. The van der Waals surface area contributed by atoms with Gasteiger partial charge in [-0.3, -0.25) is 4.79 Å². The second kappa shape index (κ2) is 7.04. The largest absolute Gasteiger partial charge is 0.341 e. The highest BCUT2D eigenvalue weighted by atomic mass is 32.2. The predicted molar refractivity (Wildman–Crippen MR) is 81.4 cm³/mol. The van der Waals surface area contributed by atoms with E-state index in [4.69, 9.17) is 0 Å². The van der Waals surface area contributed by atoms with Crippen LogP contribution in [0.1, 0.15) is 31.7 Å². The maximum absolute atomic E-state index is 12.1. The summed E-state index contributed by atoms with van der Waals surface area (Å²) in [4.78, 5) is 13.6. The third-order valence-corrected chi connectivity index (χ3v) is 5.21. The number of aryl methyl sites for hydroxylation is 1. The molecule has 1 N–H and O–H groups in total. The van der Waals surface area contributed by atoms with Crippen LogP contribution in [0.2, 0.25) is 0 Å². The minimum absolute atomic E-state index is 0.118. The van der Waals surface area contributed by atoms with Crippen LogP contribution in [-0.2, 0) is 21.2 Å². The fourth-order valence-electron chi connectivity index (χ4n) is 2.40. The van der Waals surface area contributed by atoms with E-state index in [0.29, 0.717) is 13.0 Å². The monoisotopic (exact) mass is 310 g/mol. The third kappa shape index (κ3) is 4.28. The van der Waals surface area contributed by atoms with Gasteiger partial charge in [0.05, 0.1) is 4.90 Å². The van der Waals surface area contributed by atoms with Gasteiger partial charge in [0.2, 0.25) is 15.9 Å². The molecule has 6 heteroatoms. The van der Waals surface area contributed by atoms with Crippen molar-refractivity contribution in [2.24, 2.45) is 0 Å². The number of hydrogen-bond acceptors (Lipinski definition) is 3. The third-order valence-electron chi connectivity index (χ3n) is 3.74. The molecule has 1 aromatic carbocycles. The number of nitrogens with one attached hydrogen (secondary N) is 1. The number of rotatable bonds is 6. The van der Waals surface area contributed by atoms with Crippen molar-refractivity contribution >= 4 is 15.9 Å². The summed E-state index contributed by atoms with van der Waals surface area (Å²) < 4.78 is 26.8. The highest BCUT2D eigenvalue weighted by Crippen LogP contribution is 2.12. The minimum atomic E-state index is -3.49. The lowest BCUT2D eigenvalue weighted by molar-refractivity contribution is -0.133. The van der Waals surface area contributed by atoms with Crippen LogP contribution in [0.15, 0.2) is 29.2 Å². The lowest BCUT2D eigenvalue weighted by Gasteiger charge is -2.26. The Balaban J connectivity index is 1.90. The quantitative estimate of drug-likeness (QED) is 0.866. The molecule has 1 aromatic rings. The van der Waals surface area contributed by atoms with Crippen molar-refractivity contribution in [1.82, 2.24) is 9.62 Å². The van der Waals surface area contributed by atoms with Crippen molar-refractivity contribution in [2.75, 3.05) is 19.6 Å². The molecule has 2 rings (SSSR count). The molecule has 5 nitrogen and oxygen atoms in total. The molecule has 1 aliphatic heterocycles. The molecule has 116 valence electrons. The maximum atomic E-state index is 12.1. The fraction of sp³-hybridized carbons (Fsp3) is 0.533. The zero-order valence-corrected chi connectivity index (χ0v) is 13.2. The van der Waals surface area contributed by atoms with Gasteiger partial charge in [-0.2, -0.15) is 0 Å². The van der Waals surface area contributed by atoms with Gasteiger partial charge in [-0.25, -0.2) is 13.1 Å². The van der Waals surface area contributed by atoms with Crippen molar-refractivity contribution in [3.05, 3.63) is 29.8 Å². The normalized spacial score (nSPS) is 16.2. The van der Waals surface area contributed by atoms with Crippen LogP contribution in [0.4, 0.5) is 0 Å². The summed E-state index contributed by atoms with van der Waals surface area (Å²) >= 11 is 0. The van der Waals surface area contributed by atoms with Gasteiger partial charge in [-0.05, 0) is 37.0 Å². The number of hydrogen-bond donors (Lipinski definition) is 1. The van der Waals surface area contributed by atoms with Crippen LogP contribution < -0.4 is 4.72 Å². The molecule has 0 spiro atoms. The standard InChI is InChI=1S/C15H22N2O3S/c1-2-13-6-8-14(9-7-13)21(19,20)16-10-12-17-11-4-3-5-15(17)18/h6-9,16H,2-5,10-12H2,1H3. The Bertz CT molecular complexity index is 581. The number of carbonyl (C=O) groups is 1. The maximum Gasteiger partial charge on any atom is 0.240 e. The molecule has 1 heterocycles. The van der Waals surface area contributed by atoms with Crippen LogP contribution in [-0.4, -0.2) is 38.9 Å². The molecular formula is C15H22N2O3S. The second-order valence-electron chi connectivity index (χ2n) is 5.23. The topological polar surface area (TPSA) is 66.5 Å². The van der Waals surface area contributed by atoms with Gasteiger partial charge < -0.3 is 4.90 Å². The van der Waals surface area contributed by atoms with Crippen LogP contribution >= 0.6 is 0 Å². The average Bonchev–Trinajstić information content (AvgIpc) is 2.49. The van der Waals surface area contributed by atoms with E-state index < -0.39 is 10.0 Å². The van der Waals surface area contributed by atoms with Gasteiger partial charge in [0, 0.05) is 26.1 Å². The Morgan fingerprint density at radius 2 is 1.90 bits per heavy atom. The van der Waals surface area contributed by atoms with Crippen molar-refractivity contribution < 1.29 is 13.2 Å². The lowest BCUT2D eigenvalue weighted by atomic mass is 10.1. The second-order valence-corrected chi connectivity index (χ2v) is 7.00. The Morgan fingerprint density at radius 3 is 2.52 bits per heavy atom. The van der Waals surface area contributed by atoms with Gasteiger partial charge in [0.15, 0.2) is 0 Å². The Kier molecular flexibility index (Phi) is 5.36. The molecule has 0 atom stereocenters. The van der Waals surface area contributed by atoms with Gasteiger partial charge in [0.25, 0.3) is 0 Å². The molecule has 21 heavy (non-hydrogen) atoms. The Morgan fingerprint density at radius 1 is 1.19 bits per heavy atom. The van der Waals surface area contributed by atoms with Crippen molar-refractivity contribution in [2.45, 2.75) is 37.5 Å². The number of piperidine rings is 1. The lowest BCUT2D eigenvalue weighted by Crippen LogP contribution is -2.41. The van der Waals surface area contributed by atoms with Crippen LogP contribution in [0.3, 0.4) is 0 Å². The van der Waals surface area contributed by atoms with Crippen molar-refractivity contribution in [1.29, 1.82) is 0 Å². The molecule has 0 saturated carbocycles. The number of likely N-dealkylation sites (tertiary alicyclic amines) is 1. The summed E-state index contributed by atoms with van der Waals surface area (Å²) in [7, 11) is -3.49. The van der Waals surface area contributed by atoms with E-state index in [0.717, 1.165) is 31.4 Å². The van der Waals surface area contributed by atoms with Gasteiger partial charge in [-0.1, -0.05) is 19.1 Å². The number of nitrogens with zero attached hydrogens (tertiary/aromatic N) is 1. The van der Waals surface area contributed by atoms with Gasteiger partial charge in [0.1, 0.15) is 0 Å². The molecule has 0 unspecified atom stereocenters. The number of sulfonamides is 1. The molecule has 1 amide bonds. The summed E-state index contributed by atoms with van der Waals surface area (Å²) in [5, 5.41) is 0. The van der Waals surface area contributed by atoms with E-state index in [1.165, 1.54) is 0 Å². The highest BCUT2D eigenvalue weighted by molar-refractivity contribution is 7.89. The zero-order chi connectivity index (χ0) is 15.3. The number of carbonyl (C=O) groups excluding carboxylic acids is 1. The van der Waals surface area contributed by atoms with Gasteiger partial charge in [-0.15, -0.1) is 0 Å². The summed E-state index contributed by atoms with van der Waals surface area (Å²) in [5.41, 5.74) is 1.10. The number of benzene rings is 1. The Labute approximate surface area is 126 Å². The first kappa shape index (κ1) is 16.0. The first-order chi connectivity index (χ1) is 10.0. The molecule has 0 bridgehead atoms. The smallest absolute Gasteiger partial charge is 0.240 e. The molecule has 1 saturated heterocycles. The van der Waals surface area contributed by atoms with Crippen LogP contribution in [0, 0.1) is 0 Å². The molecular weight excluding hydrogens is 288 g/mol. The molecule has 0 aromatic heterocycles. The van der Waals surface area contributed by atoms with E-state index in [1.807, 2.05) is 19.1 Å². The van der Waals surface area contributed by atoms with E-state index in [2.05, 4.69) is 4.72 Å². The van der Waals surface area contributed by atoms with Crippen molar-refractivity contribution in [3.8, 4) is 0 Å². The van der Waals surface area contributed by atoms with E-state index >= 15 is 0 Å². The van der Waals surface area contributed by atoms with Crippen molar-refractivity contribution in [3.63, 3.8) is 0 Å². The fourth-order valence-corrected chi connectivity index (χ4v) is 3.42. The molecule has 1 aliphatic rings. The molecule has 1 fully saturated rings. The van der Waals surface area contributed by atoms with Crippen LogP contribution in [0.5, 0.6) is 0 Å². The predicted octanol–water partition coefficient (Wildman–Crippen LogP) is 1.54. The summed E-state index contributed by atoms with van der Waals surface area (Å²) in [5.74, 6) is 0.118. The Hall–Kier alpha value is -1.40. The summed E-state index contributed by atoms with van der Waals surface area (Å²) in [6, 6.07) is 6.88. The zero-order valence-electron chi connectivity index (χ0n) is 12.3. The highest BCUT2D eigenvalue weighted by Gasteiger charge is 2.19. The summed E-state index contributed by atoms with van der Waals surface area (Å²) in [6.07, 6.45) is 3.39. The van der Waals surface area contributed by atoms with E-state index in [1.54, 1.807) is 17.0 Å². The first-order valence-electron chi connectivity index (χ1n) is 7.39. The number of amides is 1.